The van der Waals surface area contributed by atoms with Crippen molar-refractivity contribution in [3.8, 4) is 5.75 Å². The highest BCUT2D eigenvalue weighted by Crippen LogP contribution is 2.25. The second-order valence-corrected chi connectivity index (χ2v) is 5.06. The van der Waals surface area contributed by atoms with E-state index in [1.807, 2.05) is 24.3 Å². The Kier molecular flexibility index (Phi) is 3.56. The predicted molar refractivity (Wildman–Crippen MR) is 76.9 cm³/mol. The van der Waals surface area contributed by atoms with Crippen LogP contribution in [0.25, 0.3) is 10.8 Å². The summed E-state index contributed by atoms with van der Waals surface area (Å²) in [6.07, 6.45) is 2.12. The average molecular weight is 271 g/mol. The van der Waals surface area contributed by atoms with Gasteiger partial charge >= 0.3 is 0 Å². The van der Waals surface area contributed by atoms with E-state index in [1.54, 1.807) is 12.1 Å². The van der Waals surface area contributed by atoms with Crippen LogP contribution in [0.15, 0.2) is 36.4 Å². The van der Waals surface area contributed by atoms with E-state index in [9.17, 15) is 9.90 Å². The molecule has 4 nitrogen and oxygen atoms in total. The minimum Gasteiger partial charge on any atom is -0.507 e. The molecule has 0 saturated carbocycles. The number of nitrogens with one attached hydrogen (secondary N) is 1. The van der Waals surface area contributed by atoms with E-state index in [0.29, 0.717) is 12.1 Å². The zero-order valence-corrected chi connectivity index (χ0v) is 11.1. The molecule has 1 amide bonds. The Morgan fingerprint density at radius 2 is 2.05 bits per heavy atom. The summed E-state index contributed by atoms with van der Waals surface area (Å²) in [4.78, 5) is 12.1. The van der Waals surface area contributed by atoms with Crippen LogP contribution in [-0.4, -0.2) is 30.3 Å². The van der Waals surface area contributed by atoms with Crippen molar-refractivity contribution in [1.29, 1.82) is 0 Å². The summed E-state index contributed by atoms with van der Waals surface area (Å²) < 4.78 is 5.46. The van der Waals surface area contributed by atoms with Gasteiger partial charge in [-0.1, -0.05) is 24.3 Å². The molecule has 2 N–H and O–H groups in total. The van der Waals surface area contributed by atoms with E-state index < -0.39 is 0 Å². The van der Waals surface area contributed by atoms with Crippen molar-refractivity contribution >= 4 is 16.7 Å². The van der Waals surface area contributed by atoms with Gasteiger partial charge in [0.25, 0.3) is 5.91 Å². The number of carbonyl (C=O) groups excluding carboxylic acids is 1. The Morgan fingerprint density at radius 3 is 2.75 bits per heavy atom. The monoisotopic (exact) mass is 271 g/mol. The van der Waals surface area contributed by atoms with E-state index in [0.717, 1.165) is 30.2 Å². The Morgan fingerprint density at radius 1 is 1.30 bits per heavy atom. The number of phenolic OH excluding ortho intramolecular Hbond substituents is 1. The van der Waals surface area contributed by atoms with Crippen molar-refractivity contribution in [3.05, 3.63) is 42.0 Å². The van der Waals surface area contributed by atoms with E-state index in [2.05, 4.69) is 5.32 Å². The van der Waals surface area contributed by atoms with Gasteiger partial charge in [-0.25, -0.2) is 0 Å². The highest BCUT2D eigenvalue weighted by atomic mass is 16.5. The maximum atomic E-state index is 12.1. The maximum absolute atomic E-state index is 12.1. The van der Waals surface area contributed by atoms with Crippen LogP contribution in [0.4, 0.5) is 0 Å². The van der Waals surface area contributed by atoms with Gasteiger partial charge in [-0.3, -0.25) is 4.79 Å². The fraction of sp³-hybridized carbons (Fsp3) is 0.312. The molecule has 1 atom stereocenters. The Hall–Kier alpha value is -2.07. The molecule has 0 bridgehead atoms. The molecular formula is C16H17NO3. The van der Waals surface area contributed by atoms with Crippen LogP contribution in [-0.2, 0) is 4.74 Å². The zero-order chi connectivity index (χ0) is 13.9. The van der Waals surface area contributed by atoms with Crippen molar-refractivity contribution in [1.82, 2.24) is 5.32 Å². The predicted octanol–water partition coefficient (Wildman–Crippen LogP) is 2.45. The number of hydrogen-bond donors (Lipinski definition) is 2. The SMILES string of the molecule is O=C(NC[C@H]1CCCO1)c1cc2ccccc2cc1O. The molecule has 1 aliphatic heterocycles. The molecule has 0 spiro atoms. The molecule has 1 saturated heterocycles. The van der Waals surface area contributed by atoms with Gasteiger partial charge in [0, 0.05) is 13.2 Å². The van der Waals surface area contributed by atoms with Crippen LogP contribution < -0.4 is 5.32 Å². The number of hydrogen-bond acceptors (Lipinski definition) is 3. The van der Waals surface area contributed by atoms with Gasteiger partial charge in [0.05, 0.1) is 11.7 Å². The van der Waals surface area contributed by atoms with Gasteiger partial charge in [-0.2, -0.15) is 0 Å². The van der Waals surface area contributed by atoms with Gasteiger partial charge in [-0.05, 0) is 35.7 Å². The second-order valence-electron chi connectivity index (χ2n) is 5.06. The molecule has 2 aromatic carbocycles. The van der Waals surface area contributed by atoms with Gasteiger partial charge in [0.15, 0.2) is 0 Å². The van der Waals surface area contributed by atoms with Gasteiger partial charge in [0.2, 0.25) is 0 Å². The Balaban J connectivity index is 1.77. The molecule has 3 rings (SSSR count). The first-order chi connectivity index (χ1) is 9.74. The molecule has 0 unspecified atom stereocenters. The summed E-state index contributed by atoms with van der Waals surface area (Å²) in [5, 5.41) is 14.7. The first kappa shape index (κ1) is 12.9. The van der Waals surface area contributed by atoms with Crippen LogP contribution >= 0.6 is 0 Å². The van der Waals surface area contributed by atoms with E-state index >= 15 is 0 Å². The molecule has 20 heavy (non-hydrogen) atoms. The van der Waals surface area contributed by atoms with Gasteiger partial charge in [-0.15, -0.1) is 0 Å². The van der Waals surface area contributed by atoms with Crippen molar-refractivity contribution < 1.29 is 14.6 Å². The zero-order valence-electron chi connectivity index (χ0n) is 11.1. The molecule has 104 valence electrons. The molecule has 2 aromatic rings. The smallest absolute Gasteiger partial charge is 0.255 e. The lowest BCUT2D eigenvalue weighted by Gasteiger charge is -2.12. The van der Waals surface area contributed by atoms with Gasteiger partial charge < -0.3 is 15.2 Å². The average Bonchev–Trinajstić information content (AvgIpc) is 2.97. The highest BCUT2D eigenvalue weighted by Gasteiger charge is 2.18. The minimum atomic E-state index is -0.260. The largest absolute Gasteiger partial charge is 0.507 e. The molecule has 1 aliphatic rings. The Labute approximate surface area is 117 Å². The molecule has 4 heteroatoms. The molecule has 0 radical (unpaired) electrons. The lowest BCUT2D eigenvalue weighted by molar-refractivity contribution is 0.0855. The van der Waals surface area contributed by atoms with Crippen molar-refractivity contribution in [2.45, 2.75) is 18.9 Å². The second kappa shape index (κ2) is 5.51. The molecular weight excluding hydrogens is 254 g/mol. The normalized spacial score (nSPS) is 18.3. The number of benzene rings is 2. The highest BCUT2D eigenvalue weighted by molar-refractivity contribution is 6.01. The molecule has 1 heterocycles. The van der Waals surface area contributed by atoms with Crippen molar-refractivity contribution in [2.24, 2.45) is 0 Å². The molecule has 1 fully saturated rings. The summed E-state index contributed by atoms with van der Waals surface area (Å²) in [6.45, 7) is 1.26. The van der Waals surface area contributed by atoms with Crippen molar-refractivity contribution in [2.75, 3.05) is 13.2 Å². The van der Waals surface area contributed by atoms with Crippen LogP contribution in [0.2, 0.25) is 0 Å². The number of rotatable bonds is 3. The van der Waals surface area contributed by atoms with Crippen LogP contribution in [0.3, 0.4) is 0 Å². The summed E-state index contributed by atoms with van der Waals surface area (Å²) in [7, 11) is 0. The summed E-state index contributed by atoms with van der Waals surface area (Å²) in [6, 6.07) is 11.0. The Bertz CT molecular complexity index is 633. The maximum Gasteiger partial charge on any atom is 0.255 e. The third-order valence-corrected chi connectivity index (χ3v) is 3.62. The van der Waals surface area contributed by atoms with Crippen molar-refractivity contribution in [3.63, 3.8) is 0 Å². The first-order valence-corrected chi connectivity index (χ1v) is 6.85. The van der Waals surface area contributed by atoms with E-state index in [1.165, 1.54) is 0 Å². The summed E-state index contributed by atoms with van der Waals surface area (Å²) >= 11 is 0. The van der Waals surface area contributed by atoms with Crippen LogP contribution in [0.1, 0.15) is 23.2 Å². The summed E-state index contributed by atoms with van der Waals surface area (Å²) in [5.74, 6) is -0.253. The number of amides is 1. The lowest BCUT2D eigenvalue weighted by atomic mass is 10.1. The minimum absolute atomic E-state index is 0.00791. The quantitative estimate of drug-likeness (QED) is 0.901. The fourth-order valence-electron chi connectivity index (χ4n) is 2.52. The number of aromatic hydroxyl groups is 1. The number of fused-ring (bicyclic) bond motifs is 1. The van der Waals surface area contributed by atoms with Crippen LogP contribution in [0, 0.1) is 0 Å². The standard InChI is InChI=1S/C16H17NO3/c18-15-9-12-5-2-1-4-11(12)8-14(15)16(19)17-10-13-6-3-7-20-13/h1-2,4-5,8-9,13,18H,3,6-7,10H2,(H,17,19)/t13-/m1/s1. The number of ether oxygens (including phenoxy) is 1. The van der Waals surface area contributed by atoms with Crippen LogP contribution in [0.5, 0.6) is 5.75 Å². The van der Waals surface area contributed by atoms with E-state index in [4.69, 9.17) is 4.74 Å². The number of phenols is 1. The third kappa shape index (κ3) is 2.60. The lowest BCUT2D eigenvalue weighted by Crippen LogP contribution is -2.31. The van der Waals surface area contributed by atoms with E-state index in [-0.39, 0.29) is 17.8 Å². The summed E-state index contributed by atoms with van der Waals surface area (Å²) in [5.41, 5.74) is 0.307. The third-order valence-electron chi connectivity index (χ3n) is 3.62. The molecule has 0 aromatic heterocycles. The van der Waals surface area contributed by atoms with Gasteiger partial charge in [0.1, 0.15) is 5.75 Å². The molecule has 0 aliphatic carbocycles. The fourth-order valence-corrected chi connectivity index (χ4v) is 2.52. The topological polar surface area (TPSA) is 58.6 Å². The first-order valence-electron chi connectivity index (χ1n) is 6.85. The number of carbonyl (C=O) groups is 1.